The molecule has 2 aromatic carbocycles. The first-order valence-corrected chi connectivity index (χ1v) is 10.7. The van der Waals surface area contributed by atoms with Gasteiger partial charge in [-0.1, -0.05) is 30.3 Å². The third kappa shape index (κ3) is 3.87. The van der Waals surface area contributed by atoms with Crippen LogP contribution in [0.1, 0.15) is 11.1 Å². The van der Waals surface area contributed by atoms with E-state index in [1.807, 2.05) is 60.7 Å². The second-order valence-electron chi connectivity index (χ2n) is 7.72. The SMILES string of the molecule is COc1ccc(CNC(=O)N2CCc3c([nH]n(-c4ccccc4)c3=O)-c3cccnc32)cc1. The standard InChI is InChI=1S/C25H23N5O3/c1-33-19-11-9-17(10-12-19)16-27-25(32)29-15-13-21-22(20-8-5-14-26-23(20)29)28-30(24(21)31)18-6-3-2-4-7-18/h2-12,14,28H,13,15-16H2,1H3,(H,27,32). The number of pyridine rings is 1. The average molecular weight is 441 g/mol. The van der Waals surface area contributed by atoms with Crippen LogP contribution < -0.4 is 20.5 Å². The van der Waals surface area contributed by atoms with E-state index >= 15 is 0 Å². The van der Waals surface area contributed by atoms with Crippen LogP contribution in [0.25, 0.3) is 16.9 Å². The molecule has 3 heterocycles. The molecule has 2 aromatic heterocycles. The van der Waals surface area contributed by atoms with Gasteiger partial charge in [0.05, 0.1) is 18.5 Å². The minimum atomic E-state index is -0.265. The van der Waals surface area contributed by atoms with Gasteiger partial charge in [0.1, 0.15) is 11.6 Å². The molecule has 1 aliphatic heterocycles. The fourth-order valence-corrected chi connectivity index (χ4v) is 4.04. The maximum Gasteiger partial charge on any atom is 0.323 e. The van der Waals surface area contributed by atoms with Gasteiger partial charge in [-0.2, -0.15) is 0 Å². The van der Waals surface area contributed by atoms with Gasteiger partial charge >= 0.3 is 6.03 Å². The summed E-state index contributed by atoms with van der Waals surface area (Å²) in [4.78, 5) is 32.4. The molecular formula is C25H23N5O3. The summed E-state index contributed by atoms with van der Waals surface area (Å²) in [5.41, 5.74) is 3.64. The summed E-state index contributed by atoms with van der Waals surface area (Å²) in [6.45, 7) is 0.709. The normalized spacial score (nSPS) is 12.5. The van der Waals surface area contributed by atoms with Crippen LogP contribution >= 0.6 is 0 Å². The average Bonchev–Trinajstić information content (AvgIpc) is 3.10. The third-order valence-corrected chi connectivity index (χ3v) is 5.75. The Morgan fingerprint density at radius 3 is 2.64 bits per heavy atom. The Balaban J connectivity index is 1.44. The van der Waals surface area contributed by atoms with Crippen molar-refractivity contribution in [3.05, 3.63) is 94.4 Å². The number of methoxy groups -OCH3 is 1. The van der Waals surface area contributed by atoms with E-state index in [0.717, 1.165) is 22.6 Å². The van der Waals surface area contributed by atoms with Crippen molar-refractivity contribution in [1.29, 1.82) is 0 Å². The van der Waals surface area contributed by atoms with Gasteiger partial charge in [0.15, 0.2) is 0 Å². The first-order chi connectivity index (χ1) is 16.2. The zero-order valence-corrected chi connectivity index (χ0v) is 18.1. The number of aromatic nitrogens is 3. The molecule has 5 rings (SSSR count). The summed E-state index contributed by atoms with van der Waals surface area (Å²) >= 11 is 0. The number of nitrogens with one attached hydrogen (secondary N) is 2. The molecule has 0 atom stereocenters. The van der Waals surface area contributed by atoms with E-state index in [2.05, 4.69) is 15.4 Å². The van der Waals surface area contributed by atoms with Gasteiger partial charge < -0.3 is 10.1 Å². The second kappa shape index (κ2) is 8.66. The smallest absolute Gasteiger partial charge is 0.323 e. The summed E-state index contributed by atoms with van der Waals surface area (Å²) < 4.78 is 6.72. The number of amides is 2. The van der Waals surface area contributed by atoms with Crippen molar-refractivity contribution >= 4 is 11.8 Å². The minimum absolute atomic E-state index is 0.119. The molecule has 0 aliphatic carbocycles. The van der Waals surface area contributed by atoms with Crippen molar-refractivity contribution in [3.63, 3.8) is 0 Å². The Hall–Kier alpha value is -4.33. The van der Waals surface area contributed by atoms with E-state index in [0.29, 0.717) is 36.6 Å². The summed E-state index contributed by atoms with van der Waals surface area (Å²) in [7, 11) is 1.62. The van der Waals surface area contributed by atoms with E-state index in [4.69, 9.17) is 4.74 Å². The molecule has 0 fully saturated rings. The summed E-state index contributed by atoms with van der Waals surface area (Å²) in [5, 5.41) is 6.19. The monoisotopic (exact) mass is 441 g/mol. The topological polar surface area (TPSA) is 92.2 Å². The molecule has 0 unspecified atom stereocenters. The van der Waals surface area contributed by atoms with Crippen LogP contribution in [0.2, 0.25) is 0 Å². The van der Waals surface area contributed by atoms with E-state index in [1.165, 1.54) is 0 Å². The second-order valence-corrected chi connectivity index (χ2v) is 7.72. The number of urea groups is 1. The van der Waals surface area contributed by atoms with Gasteiger partial charge in [-0.15, -0.1) is 0 Å². The molecule has 166 valence electrons. The van der Waals surface area contributed by atoms with Gasteiger partial charge in [0, 0.05) is 30.4 Å². The number of hydrogen-bond acceptors (Lipinski definition) is 4. The van der Waals surface area contributed by atoms with Gasteiger partial charge in [-0.25, -0.2) is 14.5 Å². The Kier molecular flexibility index (Phi) is 5.40. The highest BCUT2D eigenvalue weighted by molar-refractivity contribution is 5.96. The fraction of sp³-hybridized carbons (Fsp3) is 0.160. The molecular weight excluding hydrogens is 418 g/mol. The van der Waals surface area contributed by atoms with Gasteiger partial charge in [-0.3, -0.25) is 14.8 Å². The van der Waals surface area contributed by atoms with Crippen LogP contribution in [0.4, 0.5) is 10.6 Å². The molecule has 0 bridgehead atoms. The Bertz CT molecular complexity index is 1340. The predicted molar refractivity (Wildman–Crippen MR) is 126 cm³/mol. The summed E-state index contributed by atoms with van der Waals surface area (Å²) in [5.74, 6) is 1.28. The van der Waals surface area contributed by atoms with Crippen molar-refractivity contribution in [2.45, 2.75) is 13.0 Å². The number of H-pyrrole nitrogens is 1. The molecule has 0 saturated carbocycles. The Morgan fingerprint density at radius 2 is 1.88 bits per heavy atom. The number of nitrogens with zero attached hydrogens (tertiary/aromatic N) is 3. The van der Waals surface area contributed by atoms with Gasteiger partial charge in [-0.05, 0) is 48.4 Å². The van der Waals surface area contributed by atoms with Crippen LogP contribution in [0.3, 0.4) is 0 Å². The quantitative estimate of drug-likeness (QED) is 0.507. The number of carbonyl (C=O) groups is 1. The number of rotatable bonds is 4. The number of para-hydroxylation sites is 1. The molecule has 8 nitrogen and oxygen atoms in total. The third-order valence-electron chi connectivity index (χ3n) is 5.75. The molecule has 0 spiro atoms. The zero-order valence-electron chi connectivity index (χ0n) is 18.1. The molecule has 2 amide bonds. The maximum atomic E-state index is 13.2. The number of fused-ring (bicyclic) bond motifs is 3. The van der Waals surface area contributed by atoms with Crippen LogP contribution in [-0.2, 0) is 13.0 Å². The highest BCUT2D eigenvalue weighted by Crippen LogP contribution is 2.32. The minimum Gasteiger partial charge on any atom is -0.497 e. The van der Waals surface area contributed by atoms with E-state index in [9.17, 15) is 9.59 Å². The lowest BCUT2D eigenvalue weighted by Gasteiger charge is -2.22. The molecule has 33 heavy (non-hydrogen) atoms. The lowest BCUT2D eigenvalue weighted by Crippen LogP contribution is -2.41. The number of aromatic amines is 1. The molecule has 1 aliphatic rings. The predicted octanol–water partition coefficient (Wildman–Crippen LogP) is 3.51. The lowest BCUT2D eigenvalue weighted by atomic mass is 10.1. The summed E-state index contributed by atoms with van der Waals surface area (Å²) in [6, 6.07) is 20.4. The molecule has 8 heteroatoms. The number of anilines is 1. The van der Waals surface area contributed by atoms with Gasteiger partial charge in [0.25, 0.3) is 5.56 Å². The number of ether oxygens (including phenoxy) is 1. The molecule has 2 N–H and O–H groups in total. The highest BCUT2D eigenvalue weighted by atomic mass is 16.5. The first kappa shape index (κ1) is 20.6. The van der Waals surface area contributed by atoms with Crippen molar-refractivity contribution in [2.75, 3.05) is 18.6 Å². The first-order valence-electron chi connectivity index (χ1n) is 10.7. The number of hydrogen-bond donors (Lipinski definition) is 2. The molecule has 0 saturated heterocycles. The lowest BCUT2D eigenvalue weighted by molar-refractivity contribution is 0.246. The Labute approximate surface area is 190 Å². The maximum absolute atomic E-state index is 13.2. The van der Waals surface area contributed by atoms with Crippen molar-refractivity contribution < 1.29 is 9.53 Å². The van der Waals surface area contributed by atoms with Crippen molar-refractivity contribution in [3.8, 4) is 22.7 Å². The van der Waals surface area contributed by atoms with E-state index < -0.39 is 0 Å². The fourth-order valence-electron chi connectivity index (χ4n) is 4.04. The Morgan fingerprint density at radius 1 is 1.09 bits per heavy atom. The largest absolute Gasteiger partial charge is 0.497 e. The highest BCUT2D eigenvalue weighted by Gasteiger charge is 2.29. The van der Waals surface area contributed by atoms with Gasteiger partial charge in [0.2, 0.25) is 0 Å². The zero-order chi connectivity index (χ0) is 22.8. The van der Waals surface area contributed by atoms with E-state index in [-0.39, 0.29) is 11.6 Å². The number of carbonyl (C=O) groups excluding carboxylic acids is 1. The van der Waals surface area contributed by atoms with Crippen LogP contribution in [-0.4, -0.2) is 34.5 Å². The van der Waals surface area contributed by atoms with Crippen molar-refractivity contribution in [2.24, 2.45) is 0 Å². The molecule has 0 radical (unpaired) electrons. The summed E-state index contributed by atoms with van der Waals surface area (Å²) in [6.07, 6.45) is 2.07. The van der Waals surface area contributed by atoms with Crippen LogP contribution in [0.15, 0.2) is 77.7 Å². The van der Waals surface area contributed by atoms with Crippen LogP contribution in [0, 0.1) is 0 Å². The van der Waals surface area contributed by atoms with E-state index in [1.54, 1.807) is 29.0 Å². The van der Waals surface area contributed by atoms with Crippen molar-refractivity contribution in [1.82, 2.24) is 20.1 Å². The van der Waals surface area contributed by atoms with Crippen LogP contribution in [0.5, 0.6) is 5.75 Å². The number of benzene rings is 2. The molecule has 4 aromatic rings.